The Balaban J connectivity index is 1.74. The summed E-state index contributed by atoms with van der Waals surface area (Å²) >= 11 is 0. The molecule has 0 bridgehead atoms. The highest BCUT2D eigenvalue weighted by molar-refractivity contribution is 7.53. The van der Waals surface area contributed by atoms with E-state index in [2.05, 4.69) is 10.0 Å². The summed E-state index contributed by atoms with van der Waals surface area (Å²) in [6.45, 7) is 2.22. The van der Waals surface area contributed by atoms with Crippen LogP contribution in [-0.2, 0) is 4.57 Å². The topological polar surface area (TPSA) is 35.9 Å². The molecular formula is C16H19N3OP+. The van der Waals surface area contributed by atoms with Crippen LogP contribution in [0, 0.1) is 0 Å². The third-order valence-electron chi connectivity index (χ3n) is 4.43. The Bertz CT molecular complexity index is 632. The van der Waals surface area contributed by atoms with Crippen LogP contribution in [0.3, 0.4) is 0 Å². The molecule has 108 valence electrons. The molecule has 0 N–H and O–H groups in total. The lowest BCUT2D eigenvalue weighted by Crippen LogP contribution is -2.23. The molecule has 0 spiro atoms. The third-order valence-corrected chi connectivity index (χ3v) is 5.99. The smallest absolute Gasteiger partial charge is 0.371 e. The largest absolute Gasteiger partial charge is 0.527 e. The summed E-state index contributed by atoms with van der Waals surface area (Å²) in [6, 6.07) is 9.87. The Morgan fingerprint density at radius 2 is 1.76 bits per heavy atom. The zero-order valence-corrected chi connectivity index (χ0v) is 12.9. The normalized spacial score (nSPS) is 23.6. The molecule has 1 aliphatic carbocycles. The first kappa shape index (κ1) is 13.0. The zero-order chi connectivity index (χ0) is 14.2. The van der Waals surface area contributed by atoms with Crippen molar-refractivity contribution in [3.63, 3.8) is 0 Å². The molecule has 4 nitrogen and oxygen atoms in total. The van der Waals surface area contributed by atoms with Gasteiger partial charge in [-0.2, -0.15) is 0 Å². The fourth-order valence-corrected chi connectivity index (χ4v) is 4.99. The van der Waals surface area contributed by atoms with Crippen LogP contribution >= 0.6 is 7.95 Å². The van der Waals surface area contributed by atoms with Crippen LogP contribution in [0.25, 0.3) is 0 Å². The minimum absolute atomic E-state index is 0.925. The van der Waals surface area contributed by atoms with E-state index < -0.39 is 7.95 Å². The average molecular weight is 300 g/mol. The first-order valence-corrected chi connectivity index (χ1v) is 8.94. The monoisotopic (exact) mass is 300 g/mol. The molecule has 1 aromatic carbocycles. The van der Waals surface area contributed by atoms with Gasteiger partial charge < -0.3 is 4.90 Å². The Morgan fingerprint density at radius 1 is 1.00 bits per heavy atom. The molecule has 0 saturated carbocycles. The lowest BCUT2D eigenvalue weighted by Gasteiger charge is -2.23. The van der Waals surface area contributed by atoms with Gasteiger partial charge in [0.05, 0.1) is 5.70 Å². The van der Waals surface area contributed by atoms with Gasteiger partial charge in [-0.1, -0.05) is 18.2 Å². The summed E-state index contributed by atoms with van der Waals surface area (Å²) in [6.07, 6.45) is 5.64. The van der Waals surface area contributed by atoms with Gasteiger partial charge in [0.25, 0.3) is 5.31 Å². The van der Waals surface area contributed by atoms with Crippen molar-refractivity contribution in [1.29, 1.82) is 0 Å². The van der Waals surface area contributed by atoms with E-state index in [1.54, 1.807) is 4.78 Å². The molecule has 1 saturated heterocycles. The Hall–Kier alpha value is -1.67. The maximum absolute atomic E-state index is 13.0. The van der Waals surface area contributed by atoms with Crippen molar-refractivity contribution in [1.82, 2.24) is 4.90 Å². The van der Waals surface area contributed by atoms with Crippen molar-refractivity contribution < 1.29 is 4.57 Å². The highest BCUT2D eigenvalue weighted by Crippen LogP contribution is 2.51. The van der Waals surface area contributed by atoms with Crippen LogP contribution < -0.4 is 4.78 Å². The van der Waals surface area contributed by atoms with Crippen LogP contribution in [0.1, 0.15) is 32.1 Å². The van der Waals surface area contributed by atoms with Gasteiger partial charge in [0.15, 0.2) is 0 Å². The van der Waals surface area contributed by atoms with Crippen molar-refractivity contribution in [2.24, 2.45) is 5.10 Å². The fraction of sp³-hybridized carbons (Fsp3) is 0.438. The van der Waals surface area contributed by atoms with E-state index in [-0.39, 0.29) is 0 Å². The van der Waals surface area contributed by atoms with Gasteiger partial charge in [-0.3, -0.25) is 0 Å². The molecule has 3 aliphatic rings. The number of likely N-dealkylation sites (tertiary alicyclic amines) is 1. The van der Waals surface area contributed by atoms with E-state index in [1.807, 2.05) is 30.3 Å². The number of hydrogen-bond donors (Lipinski definition) is 0. The van der Waals surface area contributed by atoms with Gasteiger partial charge in [0, 0.05) is 13.1 Å². The molecule has 5 heteroatoms. The second kappa shape index (κ2) is 5.27. The van der Waals surface area contributed by atoms with Crippen molar-refractivity contribution in [3.8, 4) is 0 Å². The summed E-state index contributed by atoms with van der Waals surface area (Å²) in [7, 11) is -1.60. The average Bonchev–Trinajstić information content (AvgIpc) is 3.16. The Labute approximate surface area is 126 Å². The van der Waals surface area contributed by atoms with Crippen LogP contribution in [-0.4, -0.2) is 23.7 Å². The van der Waals surface area contributed by atoms with Crippen molar-refractivity contribution in [2.75, 3.05) is 17.9 Å². The summed E-state index contributed by atoms with van der Waals surface area (Å²) in [5.74, 6) is 0. The maximum Gasteiger partial charge on any atom is 0.527 e. The number of allylic oxidation sites excluding steroid dienone is 2. The molecule has 0 aromatic heterocycles. The van der Waals surface area contributed by atoms with Gasteiger partial charge in [-0.15, -0.1) is 5.10 Å². The predicted molar refractivity (Wildman–Crippen MR) is 85.6 cm³/mol. The van der Waals surface area contributed by atoms with Crippen LogP contribution in [0.15, 0.2) is 46.4 Å². The highest BCUT2D eigenvalue weighted by atomic mass is 31.1. The summed E-state index contributed by atoms with van der Waals surface area (Å²) in [5.41, 5.74) is 3.28. The number of anilines is 1. The molecule has 1 aromatic rings. The predicted octanol–water partition coefficient (Wildman–Crippen LogP) is 4.10. The van der Waals surface area contributed by atoms with E-state index in [9.17, 15) is 4.57 Å². The van der Waals surface area contributed by atoms with E-state index in [4.69, 9.17) is 0 Å². The molecule has 1 fully saturated rings. The molecule has 2 aliphatic heterocycles. The third kappa shape index (κ3) is 2.18. The Kier molecular flexibility index (Phi) is 3.27. The number of hydrogen-bond acceptors (Lipinski definition) is 3. The molecule has 4 rings (SSSR count). The van der Waals surface area contributed by atoms with Crippen LogP contribution in [0.4, 0.5) is 5.69 Å². The second-order valence-corrected chi connectivity index (χ2v) is 7.16. The van der Waals surface area contributed by atoms with Gasteiger partial charge in [-0.05, 0) is 53.6 Å². The summed E-state index contributed by atoms with van der Waals surface area (Å²) < 4.78 is 14.7. The van der Waals surface area contributed by atoms with Gasteiger partial charge in [0.2, 0.25) is 0 Å². The molecule has 0 radical (unpaired) electrons. The molecule has 2 heterocycles. The van der Waals surface area contributed by atoms with Crippen LogP contribution in [0.2, 0.25) is 0 Å². The Morgan fingerprint density at radius 3 is 2.52 bits per heavy atom. The van der Waals surface area contributed by atoms with Gasteiger partial charge in [0.1, 0.15) is 11.4 Å². The maximum atomic E-state index is 13.0. The van der Waals surface area contributed by atoms with Crippen LogP contribution in [0.5, 0.6) is 0 Å². The van der Waals surface area contributed by atoms with Gasteiger partial charge >= 0.3 is 7.95 Å². The SMILES string of the molecule is O=[P+]1C2=C(N3CCCC3)CCCC2=NN1c1ccccc1. The second-order valence-electron chi connectivity index (χ2n) is 5.79. The van der Waals surface area contributed by atoms with Crippen molar-refractivity contribution >= 4 is 19.4 Å². The number of nitrogens with zero attached hydrogens (tertiary/aromatic N) is 3. The molecular weight excluding hydrogens is 281 g/mol. The van der Waals surface area contributed by atoms with Gasteiger partial charge in [-0.25, -0.2) is 0 Å². The number of hydrazone groups is 1. The minimum Gasteiger partial charge on any atom is -0.371 e. The first-order valence-electron chi connectivity index (χ1n) is 7.73. The lowest BCUT2D eigenvalue weighted by molar-refractivity contribution is 0.402. The number of fused-ring (bicyclic) bond motifs is 1. The number of rotatable bonds is 2. The molecule has 0 amide bonds. The number of para-hydroxylation sites is 1. The standard InChI is InChI=1S/C16H19N3OP/c20-21-16-14(17-19(21)13-7-2-1-3-8-13)9-6-10-15(16)18-11-4-5-12-18/h1-3,7-8H,4-6,9-12H2/q+1. The summed E-state index contributed by atoms with van der Waals surface area (Å²) in [5, 5.41) is 5.69. The molecule has 1 unspecified atom stereocenters. The molecule has 1 atom stereocenters. The molecule has 21 heavy (non-hydrogen) atoms. The minimum atomic E-state index is -1.60. The highest BCUT2D eigenvalue weighted by Gasteiger charge is 2.48. The summed E-state index contributed by atoms with van der Waals surface area (Å²) in [4.78, 5) is 2.44. The van der Waals surface area contributed by atoms with E-state index >= 15 is 0 Å². The van der Waals surface area contributed by atoms with E-state index in [0.717, 1.165) is 49.1 Å². The van der Waals surface area contributed by atoms with Crippen molar-refractivity contribution in [2.45, 2.75) is 32.1 Å². The van der Waals surface area contributed by atoms with Crippen molar-refractivity contribution in [3.05, 3.63) is 41.3 Å². The fourth-order valence-electron chi connectivity index (χ4n) is 3.41. The number of benzene rings is 1. The zero-order valence-electron chi connectivity index (χ0n) is 12.0. The van der Waals surface area contributed by atoms with E-state index in [1.165, 1.54) is 18.5 Å². The lowest BCUT2D eigenvalue weighted by atomic mass is 10.0. The first-order chi connectivity index (χ1) is 10.3. The van der Waals surface area contributed by atoms with E-state index in [0.29, 0.717) is 0 Å². The quantitative estimate of drug-likeness (QED) is 0.772.